The predicted octanol–water partition coefficient (Wildman–Crippen LogP) is -1.10. The van der Waals surface area contributed by atoms with Crippen LogP contribution >= 0.6 is 0 Å². The summed E-state index contributed by atoms with van der Waals surface area (Å²) in [5.74, 6) is 0.944. The average Bonchev–Trinajstić information content (AvgIpc) is 2.24. The molecule has 3 nitrogen and oxygen atoms in total. The van der Waals surface area contributed by atoms with E-state index in [2.05, 4.69) is 31.5 Å². The minimum Gasteiger partial charge on any atom is -0.497 e. The van der Waals surface area contributed by atoms with Crippen molar-refractivity contribution in [1.29, 1.82) is 0 Å². The number of likely N-dealkylation sites (N-methyl/N-ethyl adjacent to an activating group) is 1. The summed E-state index contributed by atoms with van der Waals surface area (Å²) in [6.45, 7) is 3.40. The lowest BCUT2D eigenvalue weighted by atomic mass is 10.2. The molecule has 0 amide bonds. The Labute approximate surface area is 92.0 Å². The van der Waals surface area contributed by atoms with E-state index in [1.165, 1.54) is 23.6 Å². The van der Waals surface area contributed by atoms with Gasteiger partial charge in [0, 0.05) is 5.56 Å². The summed E-state index contributed by atoms with van der Waals surface area (Å²) < 4.78 is 5.18. The lowest BCUT2D eigenvalue weighted by Crippen LogP contribution is -3.09. The summed E-state index contributed by atoms with van der Waals surface area (Å²) in [5.41, 5.74) is 1.32. The first-order chi connectivity index (χ1) is 7.22. The normalized spacial score (nSPS) is 10.7. The van der Waals surface area contributed by atoms with Gasteiger partial charge in [0.25, 0.3) is 0 Å². The van der Waals surface area contributed by atoms with Crippen molar-refractivity contribution in [2.24, 2.45) is 0 Å². The fraction of sp³-hybridized carbons (Fsp3) is 0.500. The summed E-state index contributed by atoms with van der Waals surface area (Å²) in [4.78, 5) is 1.50. The van der Waals surface area contributed by atoms with Crippen LogP contribution in [0.3, 0.4) is 0 Å². The van der Waals surface area contributed by atoms with Gasteiger partial charge in [0.1, 0.15) is 25.4 Å². The van der Waals surface area contributed by atoms with Gasteiger partial charge in [0.2, 0.25) is 0 Å². The minimum absolute atomic E-state index is 0.944. The third-order valence-electron chi connectivity index (χ3n) is 2.36. The standard InChI is InChI=1S/C12H20N2O/c1-14(2)8-7-13-10-11-5-4-6-12(9-11)15-3/h4-6,9,13H,7-8,10H2,1-3H3/p+2. The molecule has 0 aliphatic heterocycles. The second-order valence-electron chi connectivity index (χ2n) is 4.09. The van der Waals surface area contributed by atoms with Crippen molar-refractivity contribution in [2.75, 3.05) is 34.3 Å². The fourth-order valence-corrected chi connectivity index (χ4v) is 1.46. The number of hydrogen-bond acceptors (Lipinski definition) is 1. The largest absolute Gasteiger partial charge is 0.497 e. The summed E-state index contributed by atoms with van der Waals surface area (Å²) >= 11 is 0. The van der Waals surface area contributed by atoms with Gasteiger partial charge in [0.05, 0.1) is 21.2 Å². The van der Waals surface area contributed by atoms with Crippen molar-refractivity contribution in [2.45, 2.75) is 6.54 Å². The first-order valence-electron chi connectivity index (χ1n) is 5.46. The Kier molecular flexibility index (Phi) is 5.15. The molecule has 0 aliphatic rings. The lowest BCUT2D eigenvalue weighted by Gasteiger charge is -2.06. The van der Waals surface area contributed by atoms with Crippen molar-refractivity contribution in [1.82, 2.24) is 0 Å². The van der Waals surface area contributed by atoms with Crippen LogP contribution in [0.1, 0.15) is 5.56 Å². The van der Waals surface area contributed by atoms with Gasteiger partial charge in [-0.05, 0) is 12.1 Å². The number of quaternary nitrogens is 2. The van der Waals surface area contributed by atoms with Gasteiger partial charge in [-0.15, -0.1) is 0 Å². The Hall–Kier alpha value is -1.06. The molecule has 0 bridgehead atoms. The van der Waals surface area contributed by atoms with E-state index in [1.807, 2.05) is 12.1 Å². The molecule has 1 aromatic carbocycles. The summed E-state index contributed by atoms with van der Waals surface area (Å²) in [6.07, 6.45) is 0. The Morgan fingerprint density at radius 3 is 2.80 bits per heavy atom. The Morgan fingerprint density at radius 1 is 1.33 bits per heavy atom. The van der Waals surface area contributed by atoms with Crippen LogP contribution < -0.4 is 15.0 Å². The number of nitrogens with one attached hydrogen (secondary N) is 1. The molecule has 0 atom stereocenters. The van der Waals surface area contributed by atoms with Gasteiger partial charge < -0.3 is 15.0 Å². The Morgan fingerprint density at radius 2 is 2.13 bits per heavy atom. The van der Waals surface area contributed by atoms with Gasteiger partial charge >= 0.3 is 0 Å². The topological polar surface area (TPSA) is 30.3 Å². The van der Waals surface area contributed by atoms with E-state index in [0.717, 1.165) is 12.3 Å². The average molecular weight is 210 g/mol. The monoisotopic (exact) mass is 210 g/mol. The van der Waals surface area contributed by atoms with Crippen LogP contribution in [0.15, 0.2) is 24.3 Å². The maximum Gasteiger partial charge on any atom is 0.126 e. The van der Waals surface area contributed by atoms with E-state index in [-0.39, 0.29) is 0 Å². The van der Waals surface area contributed by atoms with Gasteiger partial charge in [-0.25, -0.2) is 0 Å². The molecule has 0 unspecified atom stereocenters. The third-order valence-corrected chi connectivity index (χ3v) is 2.36. The molecule has 1 aromatic rings. The maximum atomic E-state index is 5.18. The highest BCUT2D eigenvalue weighted by atomic mass is 16.5. The van der Waals surface area contributed by atoms with Gasteiger partial charge in [-0.1, -0.05) is 12.1 Å². The van der Waals surface area contributed by atoms with Crippen LogP contribution in [0.4, 0.5) is 0 Å². The summed E-state index contributed by atoms with van der Waals surface area (Å²) in [7, 11) is 6.07. The van der Waals surface area contributed by atoms with Crippen LogP contribution in [-0.4, -0.2) is 34.3 Å². The molecule has 0 aromatic heterocycles. The highest BCUT2D eigenvalue weighted by molar-refractivity contribution is 5.27. The molecule has 0 heterocycles. The lowest BCUT2D eigenvalue weighted by molar-refractivity contribution is -0.875. The molecule has 0 saturated heterocycles. The van der Waals surface area contributed by atoms with Gasteiger partial charge in [-0.2, -0.15) is 0 Å². The van der Waals surface area contributed by atoms with Gasteiger partial charge in [-0.3, -0.25) is 0 Å². The van der Waals surface area contributed by atoms with Crippen LogP contribution in [-0.2, 0) is 6.54 Å². The van der Waals surface area contributed by atoms with E-state index >= 15 is 0 Å². The summed E-state index contributed by atoms with van der Waals surface area (Å²) in [6, 6.07) is 8.26. The molecular weight excluding hydrogens is 188 g/mol. The van der Waals surface area contributed by atoms with Crippen molar-refractivity contribution >= 4 is 0 Å². The first kappa shape index (κ1) is 12.0. The van der Waals surface area contributed by atoms with E-state index in [9.17, 15) is 0 Å². The molecule has 15 heavy (non-hydrogen) atoms. The third kappa shape index (κ3) is 4.81. The zero-order chi connectivity index (χ0) is 11.1. The first-order valence-corrected chi connectivity index (χ1v) is 5.46. The number of ether oxygens (including phenoxy) is 1. The zero-order valence-corrected chi connectivity index (χ0v) is 9.92. The molecule has 3 N–H and O–H groups in total. The number of nitrogens with two attached hydrogens (primary N) is 1. The molecule has 3 heteroatoms. The molecule has 0 fully saturated rings. The SMILES string of the molecule is COc1cccc(C[NH2+]CC[NH+](C)C)c1. The minimum atomic E-state index is 0.944. The number of rotatable bonds is 6. The highest BCUT2D eigenvalue weighted by Gasteiger charge is 1.99. The number of benzene rings is 1. The second kappa shape index (κ2) is 6.43. The quantitative estimate of drug-likeness (QED) is 0.574. The molecule has 0 radical (unpaired) electrons. The van der Waals surface area contributed by atoms with Crippen LogP contribution in [0.25, 0.3) is 0 Å². The van der Waals surface area contributed by atoms with Crippen LogP contribution in [0.5, 0.6) is 5.75 Å². The van der Waals surface area contributed by atoms with Crippen molar-refractivity contribution < 1.29 is 15.0 Å². The predicted molar refractivity (Wildman–Crippen MR) is 61.2 cm³/mol. The smallest absolute Gasteiger partial charge is 0.126 e. The molecule has 1 rings (SSSR count). The molecule has 0 spiro atoms. The molecule has 0 aliphatic carbocycles. The molecule has 0 saturated carbocycles. The highest BCUT2D eigenvalue weighted by Crippen LogP contribution is 2.10. The number of methoxy groups -OCH3 is 1. The van der Waals surface area contributed by atoms with E-state index in [4.69, 9.17) is 4.74 Å². The van der Waals surface area contributed by atoms with E-state index < -0.39 is 0 Å². The summed E-state index contributed by atoms with van der Waals surface area (Å²) in [5, 5.41) is 2.34. The maximum absolute atomic E-state index is 5.18. The van der Waals surface area contributed by atoms with Crippen molar-refractivity contribution in [3.63, 3.8) is 0 Å². The number of hydrogen-bond donors (Lipinski definition) is 2. The van der Waals surface area contributed by atoms with Crippen molar-refractivity contribution in [3.8, 4) is 5.75 Å². The van der Waals surface area contributed by atoms with Crippen LogP contribution in [0, 0.1) is 0 Å². The Bertz CT molecular complexity index is 287. The zero-order valence-electron chi connectivity index (χ0n) is 9.92. The molecular formula is C12H22N2O+2. The fourth-order valence-electron chi connectivity index (χ4n) is 1.46. The van der Waals surface area contributed by atoms with Crippen LogP contribution in [0.2, 0.25) is 0 Å². The molecule has 84 valence electrons. The van der Waals surface area contributed by atoms with E-state index in [0.29, 0.717) is 0 Å². The van der Waals surface area contributed by atoms with E-state index in [1.54, 1.807) is 7.11 Å². The Balaban J connectivity index is 2.30. The second-order valence-corrected chi connectivity index (χ2v) is 4.09. The van der Waals surface area contributed by atoms with Gasteiger partial charge in [0.15, 0.2) is 0 Å². The van der Waals surface area contributed by atoms with Crippen molar-refractivity contribution in [3.05, 3.63) is 29.8 Å².